The summed E-state index contributed by atoms with van der Waals surface area (Å²) in [5.74, 6) is 0.699. The van der Waals surface area contributed by atoms with Gasteiger partial charge in [-0.05, 0) is 25.1 Å². The molecule has 1 heterocycles. The van der Waals surface area contributed by atoms with Crippen LogP contribution >= 0.6 is 0 Å². The molecule has 1 aromatic heterocycles. The third kappa shape index (κ3) is 2.81. The molecule has 2 rings (SSSR count). The van der Waals surface area contributed by atoms with Gasteiger partial charge in [0.2, 0.25) is 0 Å². The van der Waals surface area contributed by atoms with E-state index in [0.717, 1.165) is 0 Å². The fourth-order valence-electron chi connectivity index (χ4n) is 1.78. The molecule has 108 valence electrons. The lowest BCUT2D eigenvalue weighted by Crippen LogP contribution is -2.04. The smallest absolute Gasteiger partial charge is 0.387 e. The number of benzene rings is 1. The molecule has 0 aliphatic carbocycles. The molecule has 1 aromatic carbocycles. The molecular formula is C13H15F2N3O2. The van der Waals surface area contributed by atoms with Crippen LogP contribution in [0.2, 0.25) is 0 Å². The van der Waals surface area contributed by atoms with Crippen molar-refractivity contribution in [3.63, 3.8) is 0 Å². The Balaban J connectivity index is 2.41. The van der Waals surface area contributed by atoms with Gasteiger partial charge in [-0.15, -0.1) is 0 Å². The summed E-state index contributed by atoms with van der Waals surface area (Å²) in [7, 11) is 1.77. The van der Waals surface area contributed by atoms with Crippen LogP contribution in [-0.2, 0) is 7.05 Å². The Kier molecular flexibility index (Phi) is 4.07. The Bertz CT molecular complexity index is 599. The molecule has 2 N–H and O–H groups in total. The van der Waals surface area contributed by atoms with E-state index in [1.807, 2.05) is 0 Å². The lowest BCUT2D eigenvalue weighted by Gasteiger charge is -2.12. The minimum absolute atomic E-state index is 0.0138. The molecule has 20 heavy (non-hydrogen) atoms. The normalized spacial score (nSPS) is 10.8. The first-order valence-electron chi connectivity index (χ1n) is 6.01. The summed E-state index contributed by atoms with van der Waals surface area (Å²) in [5.41, 5.74) is 7.13. The lowest BCUT2D eigenvalue weighted by atomic mass is 10.1. The highest BCUT2D eigenvalue weighted by molar-refractivity contribution is 5.72. The van der Waals surface area contributed by atoms with Crippen LogP contribution in [0, 0.1) is 0 Å². The van der Waals surface area contributed by atoms with Gasteiger partial charge < -0.3 is 19.8 Å². The zero-order valence-corrected chi connectivity index (χ0v) is 11.1. The second kappa shape index (κ2) is 5.77. The van der Waals surface area contributed by atoms with E-state index in [1.165, 1.54) is 6.07 Å². The first kappa shape index (κ1) is 14.1. The number of ether oxygens (including phenoxy) is 2. The summed E-state index contributed by atoms with van der Waals surface area (Å²) in [6.45, 7) is -0.811. The van der Waals surface area contributed by atoms with Crippen molar-refractivity contribution in [2.75, 3.05) is 12.3 Å². The van der Waals surface area contributed by atoms with Gasteiger partial charge >= 0.3 is 6.61 Å². The van der Waals surface area contributed by atoms with E-state index >= 15 is 0 Å². The summed E-state index contributed by atoms with van der Waals surface area (Å²) in [5, 5.41) is 0. The van der Waals surface area contributed by atoms with Crippen LogP contribution < -0.4 is 15.2 Å². The number of aromatic nitrogens is 2. The zero-order chi connectivity index (χ0) is 14.7. The fraction of sp³-hybridized carbons (Fsp3) is 0.308. The van der Waals surface area contributed by atoms with Crippen molar-refractivity contribution < 1.29 is 18.3 Å². The number of hydrogen-bond donors (Lipinski definition) is 1. The average Bonchev–Trinajstić information content (AvgIpc) is 2.72. The highest BCUT2D eigenvalue weighted by Gasteiger charge is 2.14. The number of nitrogen functional groups attached to an aromatic ring is 1. The Morgan fingerprint density at radius 3 is 2.65 bits per heavy atom. The van der Waals surface area contributed by atoms with Gasteiger partial charge in [0.25, 0.3) is 0 Å². The Hall–Kier alpha value is -2.31. The molecule has 0 radical (unpaired) electrons. The van der Waals surface area contributed by atoms with Crippen LogP contribution in [0.1, 0.15) is 6.92 Å². The van der Waals surface area contributed by atoms with Gasteiger partial charge in [0.05, 0.1) is 12.9 Å². The summed E-state index contributed by atoms with van der Waals surface area (Å²) in [6, 6.07) is 4.61. The van der Waals surface area contributed by atoms with Gasteiger partial charge in [0.15, 0.2) is 11.5 Å². The van der Waals surface area contributed by atoms with Gasteiger partial charge in [0, 0.05) is 12.6 Å². The van der Waals surface area contributed by atoms with Gasteiger partial charge in [-0.2, -0.15) is 8.78 Å². The van der Waals surface area contributed by atoms with Crippen LogP contribution in [0.4, 0.5) is 14.6 Å². The summed E-state index contributed by atoms with van der Waals surface area (Å²) < 4.78 is 36.0. The predicted molar refractivity (Wildman–Crippen MR) is 70.9 cm³/mol. The van der Waals surface area contributed by atoms with Gasteiger partial charge in [-0.25, -0.2) is 4.98 Å². The van der Waals surface area contributed by atoms with E-state index in [9.17, 15) is 8.78 Å². The first-order chi connectivity index (χ1) is 9.52. The molecule has 0 aliphatic heterocycles. The highest BCUT2D eigenvalue weighted by Crippen LogP contribution is 2.34. The molecule has 0 spiro atoms. The maximum Gasteiger partial charge on any atom is 0.387 e. The van der Waals surface area contributed by atoms with Crippen LogP contribution in [0.5, 0.6) is 11.5 Å². The molecule has 0 amide bonds. The molecule has 0 aliphatic rings. The topological polar surface area (TPSA) is 62.3 Å². The minimum Gasteiger partial charge on any atom is -0.490 e. The number of nitrogens with zero attached hydrogens (tertiary/aromatic N) is 2. The lowest BCUT2D eigenvalue weighted by molar-refractivity contribution is -0.0514. The summed E-state index contributed by atoms with van der Waals surface area (Å²) in [6.07, 6.45) is 1.58. The maximum atomic E-state index is 12.3. The van der Waals surface area contributed by atoms with Crippen molar-refractivity contribution in [1.82, 2.24) is 9.55 Å². The third-order valence-electron chi connectivity index (χ3n) is 2.72. The van der Waals surface area contributed by atoms with E-state index in [0.29, 0.717) is 23.7 Å². The molecule has 2 aromatic rings. The van der Waals surface area contributed by atoms with Crippen LogP contribution in [0.3, 0.4) is 0 Å². The summed E-state index contributed by atoms with van der Waals surface area (Å²) >= 11 is 0. The largest absolute Gasteiger partial charge is 0.490 e. The van der Waals surface area contributed by atoms with Gasteiger partial charge in [0.1, 0.15) is 11.5 Å². The van der Waals surface area contributed by atoms with Crippen molar-refractivity contribution in [3.8, 4) is 22.8 Å². The van der Waals surface area contributed by atoms with E-state index in [-0.39, 0.29) is 11.5 Å². The SMILES string of the molecule is CCOc1cc(-c2ncn(C)c2N)ccc1OC(F)F. The molecule has 0 saturated carbocycles. The number of imidazole rings is 1. The average molecular weight is 283 g/mol. The van der Waals surface area contributed by atoms with E-state index in [4.69, 9.17) is 10.5 Å². The van der Waals surface area contributed by atoms with Gasteiger partial charge in [-0.1, -0.05) is 0 Å². The molecule has 5 nitrogen and oxygen atoms in total. The first-order valence-corrected chi connectivity index (χ1v) is 6.01. The number of aryl methyl sites for hydroxylation is 1. The number of hydrogen-bond acceptors (Lipinski definition) is 4. The highest BCUT2D eigenvalue weighted by atomic mass is 19.3. The number of nitrogens with two attached hydrogens (primary N) is 1. The minimum atomic E-state index is -2.90. The number of rotatable bonds is 5. The van der Waals surface area contributed by atoms with E-state index in [1.54, 1.807) is 37.0 Å². The zero-order valence-electron chi connectivity index (χ0n) is 11.1. The van der Waals surface area contributed by atoms with Crippen molar-refractivity contribution in [2.45, 2.75) is 13.5 Å². The molecular weight excluding hydrogens is 268 g/mol. The fourth-order valence-corrected chi connectivity index (χ4v) is 1.78. The van der Waals surface area contributed by atoms with Crippen molar-refractivity contribution in [1.29, 1.82) is 0 Å². The van der Waals surface area contributed by atoms with Crippen LogP contribution in [0.25, 0.3) is 11.3 Å². The third-order valence-corrected chi connectivity index (χ3v) is 2.72. The standard InChI is InChI=1S/C13H15F2N3O2/c1-3-19-10-6-8(4-5-9(10)20-13(14)15)11-12(16)18(2)7-17-11/h4-7,13H,3,16H2,1-2H3. The van der Waals surface area contributed by atoms with E-state index < -0.39 is 6.61 Å². The number of halogens is 2. The van der Waals surface area contributed by atoms with Crippen molar-refractivity contribution >= 4 is 5.82 Å². The number of anilines is 1. The molecule has 0 saturated heterocycles. The second-order valence-electron chi connectivity index (χ2n) is 4.06. The molecule has 7 heteroatoms. The second-order valence-corrected chi connectivity index (χ2v) is 4.06. The van der Waals surface area contributed by atoms with Crippen LogP contribution in [0.15, 0.2) is 24.5 Å². The molecule has 0 atom stereocenters. The molecule has 0 bridgehead atoms. The van der Waals surface area contributed by atoms with E-state index in [2.05, 4.69) is 9.72 Å². The van der Waals surface area contributed by atoms with Crippen LogP contribution in [-0.4, -0.2) is 22.8 Å². The molecule has 0 unspecified atom stereocenters. The Morgan fingerprint density at radius 1 is 1.35 bits per heavy atom. The van der Waals surface area contributed by atoms with Crippen molar-refractivity contribution in [3.05, 3.63) is 24.5 Å². The maximum absolute atomic E-state index is 12.3. The monoisotopic (exact) mass is 283 g/mol. The number of alkyl halides is 2. The Morgan fingerprint density at radius 2 is 2.10 bits per heavy atom. The predicted octanol–water partition coefficient (Wildman–Crippen LogP) is 2.67. The van der Waals surface area contributed by atoms with Gasteiger partial charge in [-0.3, -0.25) is 0 Å². The quantitative estimate of drug-likeness (QED) is 0.916. The van der Waals surface area contributed by atoms with Crippen molar-refractivity contribution in [2.24, 2.45) is 7.05 Å². The molecule has 0 fully saturated rings. The summed E-state index contributed by atoms with van der Waals surface area (Å²) in [4.78, 5) is 4.17. The Labute approximate surface area is 114 Å².